The van der Waals surface area contributed by atoms with E-state index in [2.05, 4.69) is 15.3 Å². The van der Waals surface area contributed by atoms with E-state index < -0.39 is 6.10 Å². The van der Waals surface area contributed by atoms with E-state index in [4.69, 9.17) is 14.2 Å². The molecule has 0 radical (unpaired) electrons. The number of ether oxygens (including phenoxy) is 3. The number of aliphatic hydroxyl groups excluding tert-OH is 1. The Morgan fingerprint density at radius 2 is 2.10 bits per heavy atom. The quantitative estimate of drug-likeness (QED) is 0.862. The van der Waals surface area contributed by atoms with Crippen LogP contribution in [0.5, 0.6) is 11.5 Å². The molecule has 21 heavy (non-hydrogen) atoms. The first-order chi connectivity index (χ1) is 10.2. The third kappa shape index (κ3) is 2.45. The van der Waals surface area contributed by atoms with Gasteiger partial charge in [0.25, 0.3) is 0 Å². The SMILES string of the molecule is COc1ccc2c(NC3COCC3O)ncnc2c1OC. The number of aliphatic hydroxyl groups is 1. The molecule has 1 aliphatic rings. The van der Waals surface area contributed by atoms with Gasteiger partial charge in [-0.1, -0.05) is 0 Å². The summed E-state index contributed by atoms with van der Waals surface area (Å²) in [7, 11) is 3.15. The van der Waals surface area contributed by atoms with Crippen molar-refractivity contribution in [3.8, 4) is 11.5 Å². The van der Waals surface area contributed by atoms with Gasteiger partial charge in [-0.25, -0.2) is 9.97 Å². The van der Waals surface area contributed by atoms with Crippen LogP contribution in [-0.2, 0) is 4.74 Å². The van der Waals surface area contributed by atoms with Gasteiger partial charge in [0.2, 0.25) is 0 Å². The summed E-state index contributed by atoms with van der Waals surface area (Å²) in [4.78, 5) is 8.52. The third-order valence-electron chi connectivity index (χ3n) is 3.52. The molecule has 0 saturated carbocycles. The molecule has 2 heterocycles. The molecule has 3 rings (SSSR count). The van der Waals surface area contributed by atoms with Gasteiger partial charge in [0.05, 0.1) is 39.6 Å². The first-order valence-corrected chi connectivity index (χ1v) is 6.62. The molecule has 2 atom stereocenters. The lowest BCUT2D eigenvalue weighted by Gasteiger charge is -2.17. The Bertz CT molecular complexity index is 649. The maximum atomic E-state index is 9.83. The molecular weight excluding hydrogens is 274 g/mol. The number of nitrogens with zero attached hydrogens (tertiary/aromatic N) is 2. The zero-order chi connectivity index (χ0) is 14.8. The fourth-order valence-electron chi connectivity index (χ4n) is 2.42. The van der Waals surface area contributed by atoms with Crippen LogP contribution in [0.15, 0.2) is 18.5 Å². The number of hydrogen-bond acceptors (Lipinski definition) is 7. The summed E-state index contributed by atoms with van der Waals surface area (Å²) in [5.74, 6) is 1.80. The third-order valence-corrected chi connectivity index (χ3v) is 3.52. The van der Waals surface area contributed by atoms with Crippen LogP contribution in [0.2, 0.25) is 0 Å². The van der Waals surface area contributed by atoms with Crippen LogP contribution in [0, 0.1) is 0 Å². The summed E-state index contributed by atoms with van der Waals surface area (Å²) >= 11 is 0. The van der Waals surface area contributed by atoms with Gasteiger partial charge in [-0.2, -0.15) is 0 Å². The lowest BCUT2D eigenvalue weighted by Crippen LogP contribution is -2.32. The fourth-order valence-corrected chi connectivity index (χ4v) is 2.42. The molecule has 1 saturated heterocycles. The molecular formula is C14H17N3O4. The van der Waals surface area contributed by atoms with E-state index in [0.717, 1.165) is 5.39 Å². The molecule has 2 aromatic rings. The number of fused-ring (bicyclic) bond motifs is 1. The largest absolute Gasteiger partial charge is 0.493 e. The normalized spacial score (nSPS) is 21.5. The molecule has 1 aromatic carbocycles. The Balaban J connectivity index is 2.03. The molecule has 2 unspecified atom stereocenters. The zero-order valence-corrected chi connectivity index (χ0v) is 11.9. The minimum Gasteiger partial charge on any atom is -0.493 e. The highest BCUT2D eigenvalue weighted by molar-refractivity contribution is 5.94. The van der Waals surface area contributed by atoms with E-state index >= 15 is 0 Å². The number of rotatable bonds is 4. The highest BCUT2D eigenvalue weighted by Crippen LogP contribution is 2.36. The average molecular weight is 291 g/mol. The standard InChI is InChI=1S/C14H17N3O4/c1-19-11-4-3-8-12(13(11)20-2)15-7-16-14(8)17-9-5-21-6-10(9)18/h3-4,7,9-10,18H,5-6H2,1-2H3,(H,15,16,17). The number of hydrogen-bond donors (Lipinski definition) is 2. The second-order valence-corrected chi connectivity index (χ2v) is 4.78. The lowest BCUT2D eigenvalue weighted by atomic mass is 10.1. The van der Waals surface area contributed by atoms with Crippen LogP contribution < -0.4 is 14.8 Å². The van der Waals surface area contributed by atoms with Gasteiger partial charge >= 0.3 is 0 Å². The Hall–Kier alpha value is -2.12. The number of anilines is 1. The van der Waals surface area contributed by atoms with E-state index in [1.165, 1.54) is 6.33 Å². The lowest BCUT2D eigenvalue weighted by molar-refractivity contribution is 0.125. The Labute approximate surface area is 121 Å². The van der Waals surface area contributed by atoms with E-state index in [0.29, 0.717) is 36.0 Å². The van der Waals surface area contributed by atoms with Crippen LogP contribution in [0.1, 0.15) is 0 Å². The monoisotopic (exact) mass is 291 g/mol. The second-order valence-electron chi connectivity index (χ2n) is 4.78. The number of nitrogens with one attached hydrogen (secondary N) is 1. The van der Waals surface area contributed by atoms with Gasteiger partial charge in [-0.3, -0.25) is 0 Å². The summed E-state index contributed by atoms with van der Waals surface area (Å²) in [5.41, 5.74) is 0.655. The summed E-state index contributed by atoms with van der Waals surface area (Å²) in [6, 6.07) is 3.48. The van der Waals surface area contributed by atoms with E-state index in [9.17, 15) is 5.11 Å². The van der Waals surface area contributed by atoms with Crippen LogP contribution in [-0.4, -0.2) is 54.7 Å². The Morgan fingerprint density at radius 1 is 1.24 bits per heavy atom. The van der Waals surface area contributed by atoms with Gasteiger partial charge < -0.3 is 24.6 Å². The molecule has 0 aliphatic carbocycles. The van der Waals surface area contributed by atoms with Crippen molar-refractivity contribution >= 4 is 16.7 Å². The minimum atomic E-state index is -0.546. The Kier molecular flexibility index (Phi) is 3.76. The maximum Gasteiger partial charge on any atom is 0.187 e. The van der Waals surface area contributed by atoms with Crippen molar-refractivity contribution in [1.82, 2.24) is 9.97 Å². The maximum absolute atomic E-state index is 9.83. The summed E-state index contributed by atoms with van der Waals surface area (Å²) in [5, 5.41) is 13.8. The molecule has 0 spiro atoms. The minimum absolute atomic E-state index is 0.184. The number of aromatic nitrogens is 2. The van der Waals surface area contributed by atoms with Crippen LogP contribution in [0.4, 0.5) is 5.82 Å². The predicted molar refractivity (Wildman–Crippen MR) is 76.9 cm³/mol. The van der Waals surface area contributed by atoms with E-state index in [-0.39, 0.29) is 6.04 Å². The molecule has 7 heteroatoms. The highest BCUT2D eigenvalue weighted by Gasteiger charge is 2.27. The summed E-state index contributed by atoms with van der Waals surface area (Å²) in [6.45, 7) is 0.776. The van der Waals surface area contributed by atoms with Gasteiger partial charge in [0.15, 0.2) is 11.5 Å². The number of methoxy groups -OCH3 is 2. The molecule has 7 nitrogen and oxygen atoms in total. The van der Waals surface area contributed by atoms with Crippen molar-refractivity contribution < 1.29 is 19.3 Å². The smallest absolute Gasteiger partial charge is 0.187 e. The zero-order valence-electron chi connectivity index (χ0n) is 11.9. The molecule has 112 valence electrons. The van der Waals surface area contributed by atoms with Crippen molar-refractivity contribution in [2.24, 2.45) is 0 Å². The molecule has 0 bridgehead atoms. The van der Waals surface area contributed by atoms with Crippen LogP contribution >= 0.6 is 0 Å². The van der Waals surface area contributed by atoms with Crippen LogP contribution in [0.25, 0.3) is 10.9 Å². The highest BCUT2D eigenvalue weighted by atomic mass is 16.5. The fraction of sp³-hybridized carbons (Fsp3) is 0.429. The molecule has 0 amide bonds. The summed E-state index contributed by atoms with van der Waals surface area (Å²) in [6.07, 6.45) is 0.907. The Morgan fingerprint density at radius 3 is 2.76 bits per heavy atom. The molecule has 1 aromatic heterocycles. The van der Waals surface area contributed by atoms with Crippen LogP contribution in [0.3, 0.4) is 0 Å². The first-order valence-electron chi connectivity index (χ1n) is 6.62. The van der Waals surface area contributed by atoms with E-state index in [1.54, 1.807) is 20.3 Å². The average Bonchev–Trinajstić information content (AvgIpc) is 2.91. The first kappa shape index (κ1) is 13.8. The van der Waals surface area contributed by atoms with Gasteiger partial charge in [-0.15, -0.1) is 0 Å². The van der Waals surface area contributed by atoms with Crippen molar-refractivity contribution in [3.05, 3.63) is 18.5 Å². The summed E-state index contributed by atoms with van der Waals surface area (Å²) < 4.78 is 15.9. The van der Waals surface area contributed by atoms with Gasteiger partial charge in [0, 0.05) is 5.39 Å². The van der Waals surface area contributed by atoms with Crippen molar-refractivity contribution in [2.75, 3.05) is 32.8 Å². The predicted octanol–water partition coefficient (Wildman–Crippen LogP) is 0.819. The van der Waals surface area contributed by atoms with Crippen molar-refractivity contribution in [1.29, 1.82) is 0 Å². The second kappa shape index (κ2) is 5.71. The number of benzene rings is 1. The molecule has 1 aliphatic heterocycles. The van der Waals surface area contributed by atoms with Crippen molar-refractivity contribution in [3.63, 3.8) is 0 Å². The molecule has 2 N–H and O–H groups in total. The van der Waals surface area contributed by atoms with E-state index in [1.807, 2.05) is 6.07 Å². The van der Waals surface area contributed by atoms with Crippen molar-refractivity contribution in [2.45, 2.75) is 12.1 Å². The topological polar surface area (TPSA) is 85.7 Å². The van der Waals surface area contributed by atoms with Gasteiger partial charge in [-0.05, 0) is 12.1 Å². The molecule has 1 fully saturated rings. The van der Waals surface area contributed by atoms with Gasteiger partial charge in [0.1, 0.15) is 17.7 Å².